The molecule has 0 amide bonds. The van der Waals surface area contributed by atoms with E-state index in [-0.39, 0.29) is 0 Å². The summed E-state index contributed by atoms with van der Waals surface area (Å²) in [5, 5.41) is 16.6. The molecule has 5 heterocycles. The van der Waals surface area contributed by atoms with Gasteiger partial charge in [0.1, 0.15) is 11.6 Å². The molecule has 3 fully saturated rings. The third-order valence-corrected chi connectivity index (χ3v) is 6.95. The van der Waals surface area contributed by atoms with Gasteiger partial charge in [-0.1, -0.05) is 11.6 Å². The number of morpholine rings is 1. The van der Waals surface area contributed by atoms with Crippen LogP contribution in [0.5, 0.6) is 0 Å². The van der Waals surface area contributed by atoms with E-state index in [0.717, 1.165) is 60.8 Å². The molecule has 162 valence electrons. The summed E-state index contributed by atoms with van der Waals surface area (Å²) >= 11 is 6.60. The van der Waals surface area contributed by atoms with Crippen molar-refractivity contribution >= 4 is 34.0 Å². The van der Waals surface area contributed by atoms with E-state index in [9.17, 15) is 5.11 Å². The molecule has 3 aromatic rings. The van der Waals surface area contributed by atoms with Gasteiger partial charge in [0, 0.05) is 31.1 Å². The molecule has 1 aromatic carbocycles. The Hall–Kier alpha value is -2.42. The fourth-order valence-electron chi connectivity index (χ4n) is 5.08. The van der Waals surface area contributed by atoms with Gasteiger partial charge in [0.05, 0.1) is 46.8 Å². The van der Waals surface area contributed by atoms with E-state index in [0.29, 0.717) is 29.5 Å². The number of aromatic nitrogens is 4. The minimum absolute atomic E-state index is 0.302. The van der Waals surface area contributed by atoms with Crippen LogP contribution in [0.15, 0.2) is 24.4 Å². The topological polar surface area (TPSA) is 79.5 Å². The van der Waals surface area contributed by atoms with Crippen molar-refractivity contribution in [2.24, 2.45) is 0 Å². The average molecular weight is 441 g/mol. The molecule has 9 heteroatoms. The Labute approximate surface area is 185 Å². The van der Waals surface area contributed by atoms with E-state index >= 15 is 0 Å². The molecular weight excluding hydrogens is 416 g/mol. The smallest absolute Gasteiger partial charge is 0.159 e. The van der Waals surface area contributed by atoms with Crippen molar-refractivity contribution in [3.05, 3.63) is 35.2 Å². The molecule has 31 heavy (non-hydrogen) atoms. The van der Waals surface area contributed by atoms with Crippen LogP contribution in [0.25, 0.3) is 16.7 Å². The lowest BCUT2D eigenvalue weighted by atomic mass is 10.1. The highest BCUT2D eigenvalue weighted by Gasteiger charge is 2.40. The largest absolute Gasteiger partial charge is 0.388 e. The average Bonchev–Trinajstić information content (AvgIpc) is 3.50. The molecule has 0 radical (unpaired) electrons. The summed E-state index contributed by atoms with van der Waals surface area (Å²) in [6.07, 6.45) is 3.89. The minimum Gasteiger partial charge on any atom is -0.388 e. The number of halogens is 1. The van der Waals surface area contributed by atoms with Crippen molar-refractivity contribution in [3.8, 4) is 5.82 Å². The van der Waals surface area contributed by atoms with E-state index in [1.165, 1.54) is 0 Å². The number of aryl methyl sites for hydroxylation is 1. The van der Waals surface area contributed by atoms with Crippen molar-refractivity contribution < 1.29 is 9.84 Å². The molecule has 2 bridgehead atoms. The van der Waals surface area contributed by atoms with Gasteiger partial charge < -0.3 is 19.6 Å². The molecule has 1 N–H and O–H groups in total. The van der Waals surface area contributed by atoms with Crippen LogP contribution in [-0.2, 0) is 4.74 Å². The number of anilines is 2. The van der Waals surface area contributed by atoms with Crippen LogP contribution in [0.2, 0.25) is 5.02 Å². The van der Waals surface area contributed by atoms with Crippen molar-refractivity contribution in [1.82, 2.24) is 19.7 Å². The second-order valence-corrected chi connectivity index (χ2v) is 9.62. The molecule has 6 rings (SSSR count). The van der Waals surface area contributed by atoms with E-state index < -0.39 is 5.60 Å². The normalized spacial score (nSPS) is 27.7. The SMILES string of the molecule is Cc1nc(N2CC3CC2CO3)cc(-n2ncc3cc(Cl)c(N4CCC(C)(O)C4)cc32)n1. The second-order valence-electron chi connectivity index (χ2n) is 9.22. The molecule has 3 aliphatic rings. The first-order chi connectivity index (χ1) is 14.9. The quantitative estimate of drug-likeness (QED) is 0.670. The number of benzene rings is 1. The van der Waals surface area contributed by atoms with Gasteiger partial charge in [-0.2, -0.15) is 5.10 Å². The Balaban J connectivity index is 1.41. The first-order valence-electron chi connectivity index (χ1n) is 10.8. The Bertz CT molecular complexity index is 1180. The third kappa shape index (κ3) is 3.24. The van der Waals surface area contributed by atoms with Gasteiger partial charge in [-0.25, -0.2) is 14.6 Å². The van der Waals surface area contributed by atoms with E-state index in [1.807, 2.05) is 36.9 Å². The van der Waals surface area contributed by atoms with Crippen molar-refractivity contribution in [2.45, 2.75) is 44.4 Å². The van der Waals surface area contributed by atoms with Gasteiger partial charge in [0.15, 0.2) is 5.82 Å². The maximum absolute atomic E-state index is 10.4. The van der Waals surface area contributed by atoms with Gasteiger partial charge in [0.2, 0.25) is 0 Å². The van der Waals surface area contributed by atoms with E-state index in [2.05, 4.69) is 25.9 Å². The number of β-amino-alcohol motifs (C(OH)–C–C–N with tert-alkyl or cyclic N) is 1. The summed E-state index contributed by atoms with van der Waals surface area (Å²) < 4.78 is 7.60. The highest BCUT2D eigenvalue weighted by molar-refractivity contribution is 6.34. The molecular formula is C22H25ClN6O2. The first kappa shape index (κ1) is 19.3. The molecule has 2 aromatic heterocycles. The van der Waals surface area contributed by atoms with Crippen molar-refractivity contribution in [1.29, 1.82) is 0 Å². The summed E-state index contributed by atoms with van der Waals surface area (Å²) in [6.45, 7) is 6.73. The Morgan fingerprint density at radius 2 is 2.06 bits per heavy atom. The Morgan fingerprint density at radius 3 is 2.77 bits per heavy atom. The number of fused-ring (bicyclic) bond motifs is 3. The highest BCUT2D eigenvalue weighted by atomic mass is 35.5. The van der Waals surface area contributed by atoms with Crippen molar-refractivity contribution in [2.75, 3.05) is 36.0 Å². The van der Waals surface area contributed by atoms with Crippen LogP contribution in [0.1, 0.15) is 25.6 Å². The molecule has 8 nitrogen and oxygen atoms in total. The van der Waals surface area contributed by atoms with Gasteiger partial charge >= 0.3 is 0 Å². The lowest BCUT2D eigenvalue weighted by molar-refractivity contribution is 0.0839. The summed E-state index contributed by atoms with van der Waals surface area (Å²) in [6, 6.07) is 6.38. The molecule has 3 saturated heterocycles. The molecule has 3 unspecified atom stereocenters. The Morgan fingerprint density at radius 1 is 1.23 bits per heavy atom. The van der Waals surface area contributed by atoms with Crippen LogP contribution < -0.4 is 9.80 Å². The van der Waals surface area contributed by atoms with Crippen LogP contribution in [0, 0.1) is 6.92 Å². The number of aliphatic hydroxyl groups is 1. The number of hydrogen-bond donors (Lipinski definition) is 1. The zero-order valence-electron chi connectivity index (χ0n) is 17.6. The van der Waals surface area contributed by atoms with Crippen LogP contribution in [-0.4, -0.2) is 68.8 Å². The number of rotatable bonds is 3. The zero-order valence-corrected chi connectivity index (χ0v) is 18.4. The molecule has 0 saturated carbocycles. The molecule has 0 spiro atoms. The van der Waals surface area contributed by atoms with Crippen LogP contribution in [0.4, 0.5) is 11.5 Å². The number of ether oxygens (including phenoxy) is 1. The summed E-state index contributed by atoms with van der Waals surface area (Å²) in [5.41, 5.74) is 1.14. The first-order valence-corrected chi connectivity index (χ1v) is 11.1. The predicted molar refractivity (Wildman–Crippen MR) is 119 cm³/mol. The zero-order chi connectivity index (χ0) is 21.3. The second kappa shape index (κ2) is 6.79. The Kier molecular flexibility index (Phi) is 4.22. The monoisotopic (exact) mass is 440 g/mol. The van der Waals surface area contributed by atoms with Crippen molar-refractivity contribution in [3.63, 3.8) is 0 Å². The van der Waals surface area contributed by atoms with Gasteiger partial charge in [-0.15, -0.1) is 0 Å². The lowest BCUT2D eigenvalue weighted by Gasteiger charge is -2.28. The van der Waals surface area contributed by atoms with Gasteiger partial charge in [-0.05, 0) is 38.8 Å². The molecule has 3 atom stereocenters. The lowest BCUT2D eigenvalue weighted by Crippen LogP contribution is -2.37. The molecule has 0 aliphatic carbocycles. The minimum atomic E-state index is -0.698. The summed E-state index contributed by atoms with van der Waals surface area (Å²) in [4.78, 5) is 13.8. The maximum Gasteiger partial charge on any atom is 0.159 e. The van der Waals surface area contributed by atoms with E-state index in [4.69, 9.17) is 21.3 Å². The summed E-state index contributed by atoms with van der Waals surface area (Å²) in [7, 11) is 0. The number of nitrogens with zero attached hydrogens (tertiary/aromatic N) is 6. The third-order valence-electron chi connectivity index (χ3n) is 6.65. The molecule has 3 aliphatic heterocycles. The fraction of sp³-hybridized carbons (Fsp3) is 0.500. The number of hydrogen-bond acceptors (Lipinski definition) is 7. The standard InChI is InChI=1S/C22H25ClN6O2/c1-13-25-20(28-10-16-6-15(28)11-31-16)8-21(26-13)29-18-7-19(17(23)5-14(18)9-24-29)27-4-3-22(2,30)12-27/h5,7-9,15-16,30H,3-4,6,10-12H2,1-2H3. The highest BCUT2D eigenvalue weighted by Crippen LogP contribution is 2.36. The maximum atomic E-state index is 10.4. The van der Waals surface area contributed by atoms with Gasteiger partial charge in [-0.3, -0.25) is 0 Å². The fourth-order valence-corrected chi connectivity index (χ4v) is 5.37. The van der Waals surface area contributed by atoms with Crippen LogP contribution in [0.3, 0.4) is 0 Å². The van der Waals surface area contributed by atoms with Crippen LogP contribution >= 0.6 is 11.6 Å². The van der Waals surface area contributed by atoms with Gasteiger partial charge in [0.25, 0.3) is 0 Å². The van der Waals surface area contributed by atoms with E-state index in [1.54, 1.807) is 0 Å². The predicted octanol–water partition coefficient (Wildman–Crippen LogP) is 2.72. The summed E-state index contributed by atoms with van der Waals surface area (Å²) in [5.74, 6) is 2.37.